The molecule has 0 amide bonds. The number of rotatable bonds is 10. The molecule has 42 heavy (non-hydrogen) atoms. The number of hydrogen-bond donors (Lipinski definition) is 0. The van der Waals surface area contributed by atoms with Gasteiger partial charge in [0.15, 0.2) is 0 Å². The van der Waals surface area contributed by atoms with Gasteiger partial charge < -0.3 is 4.57 Å². The SMILES string of the molecule is C#Cc1ccc2c(c1)C(CCCC)(CCCC)c1cc(-c3ccc4c(c3)c3cc(C#C)ccc3n4CCCC)ccc1-2. The molecule has 0 N–H and O–H groups in total. The molecule has 0 atom stereocenters. The van der Waals surface area contributed by atoms with Crippen molar-refractivity contribution in [3.63, 3.8) is 0 Å². The van der Waals surface area contributed by atoms with E-state index in [-0.39, 0.29) is 5.41 Å². The molecule has 0 unspecified atom stereocenters. The Hall–Kier alpha value is -4.20. The molecule has 1 heteroatoms. The molecular formula is C41H41N. The first-order valence-corrected chi connectivity index (χ1v) is 15.9. The highest BCUT2D eigenvalue weighted by atomic mass is 15.0. The second-order valence-electron chi connectivity index (χ2n) is 12.1. The van der Waals surface area contributed by atoms with Gasteiger partial charge in [-0.25, -0.2) is 0 Å². The Labute approximate surface area is 252 Å². The molecule has 0 spiro atoms. The summed E-state index contributed by atoms with van der Waals surface area (Å²) in [5.41, 5.74) is 12.6. The molecule has 0 bridgehead atoms. The van der Waals surface area contributed by atoms with E-state index in [0.29, 0.717) is 0 Å². The normalized spacial score (nSPS) is 13.2. The summed E-state index contributed by atoms with van der Waals surface area (Å²) >= 11 is 0. The lowest BCUT2D eigenvalue weighted by atomic mass is 9.70. The predicted molar refractivity (Wildman–Crippen MR) is 181 cm³/mol. The standard InChI is InChI=1S/C41H41N/c1-6-11-22-41(23-12-7-2)37-26-30(10-5)14-18-33(37)34-19-16-32(28-38(34)41)31-17-21-40-36(27-31)35-25-29(9-4)15-20-39(35)42(40)24-13-8-3/h4-5,14-21,25-28H,6-8,11-13,22-24H2,1-3H3. The summed E-state index contributed by atoms with van der Waals surface area (Å²) in [5, 5.41) is 2.52. The van der Waals surface area contributed by atoms with Crippen LogP contribution >= 0.6 is 0 Å². The van der Waals surface area contributed by atoms with Gasteiger partial charge in [0.2, 0.25) is 0 Å². The summed E-state index contributed by atoms with van der Waals surface area (Å²) in [6.45, 7) is 7.87. The Morgan fingerprint density at radius 2 is 1.12 bits per heavy atom. The summed E-state index contributed by atoms with van der Waals surface area (Å²) in [7, 11) is 0. The average molecular weight is 548 g/mol. The minimum Gasteiger partial charge on any atom is -0.340 e. The second-order valence-corrected chi connectivity index (χ2v) is 12.1. The Morgan fingerprint density at radius 3 is 1.79 bits per heavy atom. The monoisotopic (exact) mass is 547 g/mol. The van der Waals surface area contributed by atoms with Crippen molar-refractivity contribution in [1.29, 1.82) is 0 Å². The molecule has 1 heterocycles. The van der Waals surface area contributed by atoms with Crippen LogP contribution in [0.25, 0.3) is 44.1 Å². The van der Waals surface area contributed by atoms with Crippen molar-refractivity contribution < 1.29 is 0 Å². The van der Waals surface area contributed by atoms with Gasteiger partial charge in [0.1, 0.15) is 0 Å². The number of unbranched alkanes of at least 4 members (excludes halogenated alkanes) is 3. The van der Waals surface area contributed by atoms with Gasteiger partial charge in [-0.1, -0.05) is 89.0 Å². The number of terminal acetylenes is 2. The van der Waals surface area contributed by atoms with Crippen molar-refractivity contribution in [1.82, 2.24) is 4.57 Å². The second kappa shape index (κ2) is 11.6. The van der Waals surface area contributed by atoms with Gasteiger partial charge in [0.25, 0.3) is 0 Å². The third-order valence-electron chi connectivity index (χ3n) is 9.54. The fourth-order valence-electron chi connectivity index (χ4n) is 7.32. The lowest BCUT2D eigenvalue weighted by molar-refractivity contribution is 0.414. The first-order chi connectivity index (χ1) is 20.6. The molecule has 6 rings (SSSR count). The maximum absolute atomic E-state index is 5.91. The molecule has 0 saturated heterocycles. The van der Waals surface area contributed by atoms with E-state index in [4.69, 9.17) is 12.8 Å². The van der Waals surface area contributed by atoms with Crippen LogP contribution < -0.4 is 0 Å². The van der Waals surface area contributed by atoms with Gasteiger partial charge in [-0.15, -0.1) is 12.8 Å². The molecule has 1 aliphatic carbocycles. The number of hydrogen-bond acceptors (Lipinski definition) is 0. The summed E-state index contributed by atoms with van der Waals surface area (Å²) in [6.07, 6.45) is 21.1. The average Bonchev–Trinajstić information content (AvgIpc) is 3.49. The Morgan fingerprint density at radius 1 is 0.595 bits per heavy atom. The number of benzene rings is 4. The van der Waals surface area contributed by atoms with Gasteiger partial charge in [-0.2, -0.15) is 0 Å². The third-order valence-corrected chi connectivity index (χ3v) is 9.54. The summed E-state index contributed by atoms with van der Waals surface area (Å²) in [4.78, 5) is 0. The quantitative estimate of drug-likeness (QED) is 0.153. The van der Waals surface area contributed by atoms with Gasteiger partial charge in [0, 0.05) is 44.9 Å². The molecule has 0 fully saturated rings. The fourth-order valence-corrected chi connectivity index (χ4v) is 7.32. The summed E-state index contributed by atoms with van der Waals surface area (Å²) in [6, 6.07) is 27.3. The maximum atomic E-state index is 5.91. The molecule has 5 aromatic rings. The first-order valence-electron chi connectivity index (χ1n) is 15.9. The molecule has 0 aliphatic heterocycles. The Kier molecular flexibility index (Phi) is 7.71. The lowest BCUT2D eigenvalue weighted by Gasteiger charge is -2.33. The number of fused-ring (bicyclic) bond motifs is 6. The van der Waals surface area contributed by atoms with Crippen LogP contribution in [0.4, 0.5) is 0 Å². The van der Waals surface area contributed by atoms with Crippen LogP contribution in [0.2, 0.25) is 0 Å². The van der Waals surface area contributed by atoms with Crippen molar-refractivity contribution >= 4 is 21.8 Å². The zero-order chi connectivity index (χ0) is 29.3. The van der Waals surface area contributed by atoms with Gasteiger partial charge in [0.05, 0.1) is 0 Å². The highest BCUT2D eigenvalue weighted by molar-refractivity contribution is 6.09. The molecule has 210 valence electrons. The van der Waals surface area contributed by atoms with E-state index in [2.05, 4.69) is 110 Å². The highest BCUT2D eigenvalue weighted by Gasteiger charge is 2.42. The van der Waals surface area contributed by atoms with Crippen LogP contribution in [0.3, 0.4) is 0 Å². The van der Waals surface area contributed by atoms with Gasteiger partial charge >= 0.3 is 0 Å². The topological polar surface area (TPSA) is 4.93 Å². The van der Waals surface area contributed by atoms with Crippen molar-refractivity contribution in [2.24, 2.45) is 0 Å². The Bertz CT molecular complexity index is 1860. The van der Waals surface area contributed by atoms with E-state index in [1.165, 1.54) is 87.3 Å². The molecule has 1 aromatic heterocycles. The van der Waals surface area contributed by atoms with Crippen molar-refractivity contribution in [3.8, 4) is 46.9 Å². The zero-order valence-electron chi connectivity index (χ0n) is 25.4. The van der Waals surface area contributed by atoms with E-state index < -0.39 is 0 Å². The first kappa shape index (κ1) is 27.9. The largest absolute Gasteiger partial charge is 0.340 e. The number of aromatic nitrogens is 1. The predicted octanol–water partition coefficient (Wildman–Crippen LogP) is 10.9. The maximum Gasteiger partial charge on any atom is 0.0492 e. The highest BCUT2D eigenvalue weighted by Crippen LogP contribution is 2.55. The molecule has 0 saturated carbocycles. The third kappa shape index (κ3) is 4.53. The van der Waals surface area contributed by atoms with Crippen LogP contribution in [-0.4, -0.2) is 4.57 Å². The molecule has 1 aliphatic rings. The minimum absolute atomic E-state index is 0.00152. The van der Waals surface area contributed by atoms with Crippen molar-refractivity contribution in [2.45, 2.75) is 84.1 Å². The number of aryl methyl sites for hydroxylation is 1. The van der Waals surface area contributed by atoms with E-state index in [1.54, 1.807) is 0 Å². The minimum atomic E-state index is 0.00152. The van der Waals surface area contributed by atoms with Crippen molar-refractivity contribution in [3.05, 3.63) is 95.1 Å². The van der Waals surface area contributed by atoms with Gasteiger partial charge in [-0.05, 0) is 101 Å². The molecular weight excluding hydrogens is 506 g/mol. The fraction of sp³-hybridized carbons (Fsp3) is 0.317. The van der Waals surface area contributed by atoms with E-state index in [0.717, 1.165) is 36.9 Å². The molecule has 0 radical (unpaired) electrons. The Balaban J connectivity index is 1.54. The van der Waals surface area contributed by atoms with Crippen LogP contribution in [0.15, 0.2) is 72.8 Å². The van der Waals surface area contributed by atoms with Crippen LogP contribution in [0.1, 0.15) is 94.4 Å². The van der Waals surface area contributed by atoms with Crippen LogP contribution in [0, 0.1) is 24.7 Å². The van der Waals surface area contributed by atoms with E-state index >= 15 is 0 Å². The van der Waals surface area contributed by atoms with Crippen LogP contribution in [-0.2, 0) is 12.0 Å². The molecule has 4 aromatic carbocycles. The van der Waals surface area contributed by atoms with E-state index in [9.17, 15) is 0 Å². The number of nitrogens with zero attached hydrogens (tertiary/aromatic N) is 1. The van der Waals surface area contributed by atoms with Crippen LogP contribution in [0.5, 0.6) is 0 Å². The zero-order valence-corrected chi connectivity index (χ0v) is 25.4. The molecule has 1 nitrogen and oxygen atoms in total. The smallest absolute Gasteiger partial charge is 0.0492 e. The summed E-state index contributed by atoms with van der Waals surface area (Å²) in [5.74, 6) is 5.76. The lowest BCUT2D eigenvalue weighted by Crippen LogP contribution is -2.25. The van der Waals surface area contributed by atoms with E-state index in [1.807, 2.05) is 0 Å². The van der Waals surface area contributed by atoms with Gasteiger partial charge in [-0.3, -0.25) is 0 Å². The van der Waals surface area contributed by atoms with Crippen molar-refractivity contribution in [2.75, 3.05) is 0 Å². The summed E-state index contributed by atoms with van der Waals surface area (Å²) < 4.78 is 2.47.